The Morgan fingerprint density at radius 2 is 1.65 bits per heavy atom. The minimum Gasteiger partial charge on any atom is -0.313 e. The molecule has 0 unspecified atom stereocenters. The van der Waals surface area contributed by atoms with Gasteiger partial charge in [0, 0.05) is 40.6 Å². The Morgan fingerprint density at radius 1 is 0.870 bits per heavy atom. The molecule has 0 aliphatic carbocycles. The molecule has 0 saturated carbocycles. The predicted molar refractivity (Wildman–Crippen MR) is 95.1 cm³/mol. The summed E-state index contributed by atoms with van der Waals surface area (Å²) in [4.78, 5) is 4.73. The molecule has 5 heteroatoms. The van der Waals surface area contributed by atoms with Crippen molar-refractivity contribution in [1.82, 2.24) is 14.0 Å². The van der Waals surface area contributed by atoms with Crippen LogP contribution in [0, 0.1) is 0 Å². The number of hydrogen-bond donors (Lipinski definition) is 0. The maximum atomic E-state index is 6.10. The molecule has 0 amide bonds. The largest absolute Gasteiger partial charge is 0.313 e. The zero-order valence-corrected chi connectivity index (χ0v) is 13.9. The molecular weight excluding hydrogens is 329 g/mol. The van der Waals surface area contributed by atoms with E-state index in [9.17, 15) is 0 Å². The summed E-state index contributed by atoms with van der Waals surface area (Å²) < 4.78 is 4.09. The summed E-state index contributed by atoms with van der Waals surface area (Å²) in [6, 6.07) is 15.5. The second-order valence-corrected chi connectivity index (χ2v) is 6.30. The van der Waals surface area contributed by atoms with Crippen LogP contribution in [-0.4, -0.2) is 14.0 Å². The first-order valence-corrected chi connectivity index (χ1v) is 7.94. The number of nitrogens with zero attached hydrogens (tertiary/aromatic N) is 3. The molecular formula is C18H13Cl2N3. The van der Waals surface area contributed by atoms with Gasteiger partial charge in [0.25, 0.3) is 0 Å². The quantitative estimate of drug-likeness (QED) is 0.484. The van der Waals surface area contributed by atoms with Crippen molar-refractivity contribution in [2.75, 3.05) is 0 Å². The van der Waals surface area contributed by atoms with Crippen molar-refractivity contribution >= 4 is 29.0 Å². The van der Waals surface area contributed by atoms with Gasteiger partial charge in [-0.1, -0.05) is 47.5 Å². The third-order valence-corrected chi connectivity index (χ3v) is 4.38. The molecule has 0 atom stereocenters. The number of imidazole rings is 2. The van der Waals surface area contributed by atoms with E-state index in [1.165, 1.54) is 0 Å². The molecule has 0 N–H and O–H groups in total. The van der Waals surface area contributed by atoms with E-state index in [2.05, 4.69) is 10.8 Å². The Morgan fingerprint density at radius 3 is 2.35 bits per heavy atom. The van der Waals surface area contributed by atoms with Crippen molar-refractivity contribution in [1.29, 1.82) is 0 Å². The maximum Gasteiger partial charge on any atom is 0.214 e. The van der Waals surface area contributed by atoms with Crippen LogP contribution in [0.1, 0.15) is 0 Å². The Balaban J connectivity index is 1.81. The van der Waals surface area contributed by atoms with Crippen molar-refractivity contribution in [3.63, 3.8) is 0 Å². The fourth-order valence-electron chi connectivity index (χ4n) is 2.73. The normalized spacial score (nSPS) is 11.3. The lowest BCUT2D eigenvalue weighted by molar-refractivity contribution is 0.945. The molecule has 0 spiro atoms. The molecule has 23 heavy (non-hydrogen) atoms. The molecule has 0 radical (unpaired) electrons. The summed E-state index contributed by atoms with van der Waals surface area (Å²) in [5.41, 5.74) is 4.10. The van der Waals surface area contributed by atoms with Gasteiger partial charge >= 0.3 is 0 Å². The van der Waals surface area contributed by atoms with Crippen LogP contribution in [0.3, 0.4) is 0 Å². The standard InChI is InChI=1S/C18H13Cl2N3/c1-22-17(13-3-2-4-15(20)9-13)11-23-10-16(21-18(22)23)12-5-7-14(19)8-6-12/h2-11H,1H3. The van der Waals surface area contributed by atoms with E-state index in [1.807, 2.05) is 66.2 Å². The van der Waals surface area contributed by atoms with E-state index in [4.69, 9.17) is 28.2 Å². The Kier molecular flexibility index (Phi) is 3.40. The van der Waals surface area contributed by atoms with Crippen LogP contribution in [0.25, 0.3) is 28.3 Å². The molecule has 2 aromatic heterocycles. The van der Waals surface area contributed by atoms with Gasteiger partial charge in [0.2, 0.25) is 5.78 Å². The van der Waals surface area contributed by atoms with Gasteiger partial charge in [-0.25, -0.2) is 4.98 Å². The van der Waals surface area contributed by atoms with Crippen molar-refractivity contribution in [3.05, 3.63) is 71.0 Å². The second-order valence-electron chi connectivity index (χ2n) is 5.42. The Bertz CT molecular complexity index is 997. The number of aryl methyl sites for hydroxylation is 1. The predicted octanol–water partition coefficient (Wildman–Crippen LogP) is 5.31. The first kappa shape index (κ1) is 14.4. The highest BCUT2D eigenvalue weighted by Gasteiger charge is 2.12. The van der Waals surface area contributed by atoms with Crippen LogP contribution in [0.15, 0.2) is 60.9 Å². The molecule has 0 fully saturated rings. The van der Waals surface area contributed by atoms with Gasteiger partial charge in [-0.15, -0.1) is 0 Å². The number of rotatable bonds is 2. The summed E-state index contributed by atoms with van der Waals surface area (Å²) in [6.45, 7) is 0. The van der Waals surface area contributed by atoms with Crippen LogP contribution in [0.2, 0.25) is 10.0 Å². The molecule has 0 bridgehead atoms. The molecule has 0 aliphatic rings. The van der Waals surface area contributed by atoms with Crippen LogP contribution >= 0.6 is 23.2 Å². The first-order valence-electron chi connectivity index (χ1n) is 7.18. The highest BCUT2D eigenvalue weighted by atomic mass is 35.5. The maximum absolute atomic E-state index is 6.10. The smallest absolute Gasteiger partial charge is 0.214 e. The van der Waals surface area contributed by atoms with Crippen molar-refractivity contribution in [2.24, 2.45) is 7.05 Å². The number of halogens is 2. The van der Waals surface area contributed by atoms with Crippen molar-refractivity contribution in [2.45, 2.75) is 0 Å². The lowest BCUT2D eigenvalue weighted by Crippen LogP contribution is -1.92. The van der Waals surface area contributed by atoms with E-state index in [0.717, 1.165) is 38.3 Å². The third kappa shape index (κ3) is 2.52. The van der Waals surface area contributed by atoms with Crippen LogP contribution in [0.5, 0.6) is 0 Å². The second kappa shape index (κ2) is 5.44. The highest BCUT2D eigenvalue weighted by Crippen LogP contribution is 2.27. The molecule has 4 rings (SSSR count). The first-order chi connectivity index (χ1) is 11.1. The van der Waals surface area contributed by atoms with Gasteiger partial charge in [-0.2, -0.15) is 0 Å². The zero-order chi connectivity index (χ0) is 16.0. The topological polar surface area (TPSA) is 22.2 Å². The highest BCUT2D eigenvalue weighted by molar-refractivity contribution is 6.31. The van der Waals surface area contributed by atoms with E-state index in [-0.39, 0.29) is 0 Å². The lowest BCUT2D eigenvalue weighted by atomic mass is 10.1. The SMILES string of the molecule is Cn1c(-c2cccc(Cl)c2)cn2cc(-c3ccc(Cl)cc3)nc12. The fraction of sp³-hybridized carbons (Fsp3) is 0.0556. The van der Waals surface area contributed by atoms with Crippen LogP contribution in [-0.2, 0) is 7.05 Å². The van der Waals surface area contributed by atoms with E-state index in [0.29, 0.717) is 0 Å². The fourth-order valence-corrected chi connectivity index (χ4v) is 3.05. The number of benzene rings is 2. The zero-order valence-electron chi connectivity index (χ0n) is 12.4. The summed E-state index contributed by atoms with van der Waals surface area (Å²) in [5.74, 6) is 0.880. The average Bonchev–Trinajstić information content (AvgIpc) is 3.08. The minimum absolute atomic E-state index is 0.723. The summed E-state index contributed by atoms with van der Waals surface area (Å²) in [6.07, 6.45) is 4.08. The van der Waals surface area contributed by atoms with Crippen molar-refractivity contribution < 1.29 is 0 Å². The molecule has 4 aromatic rings. The molecule has 2 heterocycles. The molecule has 0 aliphatic heterocycles. The van der Waals surface area contributed by atoms with Gasteiger partial charge < -0.3 is 4.57 Å². The summed E-state index contributed by atoms with van der Waals surface area (Å²) in [7, 11) is 2.00. The van der Waals surface area contributed by atoms with Crippen molar-refractivity contribution in [3.8, 4) is 22.5 Å². The minimum atomic E-state index is 0.723. The van der Waals surface area contributed by atoms with E-state index < -0.39 is 0 Å². The summed E-state index contributed by atoms with van der Waals surface area (Å²) >= 11 is 12.0. The molecule has 2 aromatic carbocycles. The summed E-state index contributed by atoms with van der Waals surface area (Å²) in [5, 5.41) is 1.45. The number of aromatic nitrogens is 3. The molecule has 3 nitrogen and oxygen atoms in total. The number of fused-ring (bicyclic) bond motifs is 1. The number of hydrogen-bond acceptors (Lipinski definition) is 1. The average molecular weight is 342 g/mol. The van der Waals surface area contributed by atoms with E-state index in [1.54, 1.807) is 0 Å². The lowest BCUT2D eigenvalue weighted by Gasteiger charge is -2.03. The monoisotopic (exact) mass is 341 g/mol. The van der Waals surface area contributed by atoms with Crippen LogP contribution < -0.4 is 0 Å². The van der Waals surface area contributed by atoms with Crippen LogP contribution in [0.4, 0.5) is 0 Å². The third-order valence-electron chi connectivity index (χ3n) is 3.90. The molecule has 0 saturated heterocycles. The van der Waals surface area contributed by atoms with Gasteiger partial charge in [-0.05, 0) is 24.3 Å². The van der Waals surface area contributed by atoms with Gasteiger partial charge in [0.15, 0.2) is 0 Å². The Hall–Kier alpha value is -2.23. The Labute approximate surface area is 143 Å². The van der Waals surface area contributed by atoms with E-state index >= 15 is 0 Å². The van der Waals surface area contributed by atoms with Gasteiger partial charge in [-0.3, -0.25) is 4.40 Å². The van der Waals surface area contributed by atoms with Gasteiger partial charge in [0.1, 0.15) is 0 Å². The van der Waals surface area contributed by atoms with Gasteiger partial charge in [0.05, 0.1) is 11.4 Å². The molecule has 114 valence electrons.